The van der Waals surface area contributed by atoms with E-state index >= 15 is 0 Å². The lowest BCUT2D eigenvalue weighted by atomic mass is 9.92. The van der Waals surface area contributed by atoms with Crippen LogP contribution in [0, 0.1) is 5.41 Å². The van der Waals surface area contributed by atoms with Crippen LogP contribution in [0.3, 0.4) is 0 Å². The summed E-state index contributed by atoms with van der Waals surface area (Å²) in [7, 11) is 3.47. The van der Waals surface area contributed by atoms with Crippen molar-refractivity contribution in [2.45, 2.75) is 20.8 Å². The number of hydrogen-bond donors (Lipinski definition) is 2. The van der Waals surface area contributed by atoms with E-state index in [0.29, 0.717) is 13.1 Å². The maximum Gasteiger partial charge on any atom is 0.227 e. The molecule has 2 N–H and O–H groups in total. The van der Waals surface area contributed by atoms with E-state index in [9.17, 15) is 4.79 Å². The lowest BCUT2D eigenvalue weighted by Crippen LogP contribution is -2.54. The quantitative estimate of drug-likeness (QED) is 0.354. The van der Waals surface area contributed by atoms with Crippen molar-refractivity contribution < 1.29 is 9.53 Å². The van der Waals surface area contributed by atoms with Crippen LogP contribution >= 0.6 is 24.0 Å². The van der Waals surface area contributed by atoms with Crippen molar-refractivity contribution >= 4 is 41.5 Å². The highest BCUT2D eigenvalue weighted by molar-refractivity contribution is 14.0. The zero-order chi connectivity index (χ0) is 19.9. The van der Waals surface area contributed by atoms with Crippen molar-refractivity contribution in [3.63, 3.8) is 0 Å². The van der Waals surface area contributed by atoms with Gasteiger partial charge in [-0.3, -0.25) is 9.79 Å². The monoisotopic (exact) mass is 503 g/mol. The van der Waals surface area contributed by atoms with Gasteiger partial charge >= 0.3 is 0 Å². The molecule has 1 aromatic rings. The van der Waals surface area contributed by atoms with Gasteiger partial charge < -0.3 is 25.2 Å². The minimum Gasteiger partial charge on any atom is -0.497 e. The second kappa shape index (κ2) is 11.3. The van der Waals surface area contributed by atoms with Gasteiger partial charge in [-0.1, -0.05) is 0 Å². The first-order chi connectivity index (χ1) is 12.9. The molecule has 2 rings (SSSR count). The Bertz CT molecular complexity index is 641. The van der Waals surface area contributed by atoms with E-state index in [2.05, 4.69) is 37.6 Å². The molecule has 0 aromatic heterocycles. The van der Waals surface area contributed by atoms with Crippen LogP contribution in [0.15, 0.2) is 29.3 Å². The van der Waals surface area contributed by atoms with Gasteiger partial charge in [0.15, 0.2) is 5.96 Å². The fourth-order valence-corrected chi connectivity index (χ4v) is 3.08. The van der Waals surface area contributed by atoms with Gasteiger partial charge in [-0.05, 0) is 45.0 Å². The van der Waals surface area contributed by atoms with Crippen LogP contribution in [0.4, 0.5) is 5.69 Å². The Hall–Kier alpha value is -1.71. The molecule has 1 saturated heterocycles. The zero-order valence-corrected chi connectivity index (χ0v) is 19.9. The Morgan fingerprint density at radius 3 is 2.25 bits per heavy atom. The number of rotatable bonds is 6. The Morgan fingerprint density at radius 1 is 1.14 bits per heavy atom. The highest BCUT2D eigenvalue weighted by atomic mass is 127. The molecule has 8 heteroatoms. The van der Waals surface area contributed by atoms with Gasteiger partial charge in [0, 0.05) is 52.0 Å². The highest BCUT2D eigenvalue weighted by Gasteiger charge is 2.28. The molecule has 0 atom stereocenters. The normalized spacial score (nSPS) is 15.0. The number of carbonyl (C=O) groups is 1. The third kappa shape index (κ3) is 6.42. The van der Waals surface area contributed by atoms with Crippen molar-refractivity contribution in [2.24, 2.45) is 10.4 Å². The molecule has 158 valence electrons. The Kier molecular flexibility index (Phi) is 9.84. The number of benzene rings is 1. The summed E-state index contributed by atoms with van der Waals surface area (Å²) in [6, 6.07) is 8.17. The first-order valence-electron chi connectivity index (χ1n) is 9.54. The smallest absolute Gasteiger partial charge is 0.227 e. The molecule has 1 aliphatic heterocycles. The van der Waals surface area contributed by atoms with Crippen molar-refractivity contribution in [1.82, 2.24) is 15.5 Å². The van der Waals surface area contributed by atoms with E-state index < -0.39 is 5.41 Å². The summed E-state index contributed by atoms with van der Waals surface area (Å²) in [6.45, 7) is 10.6. The Balaban J connectivity index is 0.00000392. The number of carbonyl (C=O) groups excluding carboxylic acids is 1. The molecule has 7 nitrogen and oxygen atoms in total. The molecule has 0 spiro atoms. The Morgan fingerprint density at radius 2 is 1.75 bits per heavy atom. The molecule has 1 aliphatic rings. The number of anilines is 1. The molecule has 1 heterocycles. The molecule has 0 saturated carbocycles. The number of guanidine groups is 1. The van der Waals surface area contributed by atoms with Crippen LogP contribution in [0.2, 0.25) is 0 Å². The number of nitrogens with zero attached hydrogens (tertiary/aromatic N) is 3. The van der Waals surface area contributed by atoms with Gasteiger partial charge in [-0.2, -0.15) is 0 Å². The van der Waals surface area contributed by atoms with Gasteiger partial charge in [0.2, 0.25) is 5.91 Å². The maximum absolute atomic E-state index is 12.2. The van der Waals surface area contributed by atoms with Gasteiger partial charge in [0.05, 0.1) is 12.5 Å². The fraction of sp³-hybridized carbons (Fsp3) is 0.600. The van der Waals surface area contributed by atoms with Crippen molar-refractivity contribution in [3.05, 3.63) is 24.3 Å². The van der Waals surface area contributed by atoms with E-state index in [4.69, 9.17) is 4.74 Å². The molecule has 1 aromatic carbocycles. The van der Waals surface area contributed by atoms with E-state index in [-0.39, 0.29) is 29.9 Å². The average molecular weight is 503 g/mol. The second-order valence-electron chi connectivity index (χ2n) is 7.32. The number of ether oxygens (including phenoxy) is 1. The molecule has 1 amide bonds. The number of amides is 1. The molecule has 1 fully saturated rings. The van der Waals surface area contributed by atoms with Crippen LogP contribution in [0.25, 0.3) is 0 Å². The first kappa shape index (κ1) is 24.3. The topological polar surface area (TPSA) is 69.2 Å². The van der Waals surface area contributed by atoms with Crippen molar-refractivity contribution in [3.8, 4) is 5.75 Å². The number of hydrogen-bond acceptors (Lipinski definition) is 4. The molecule has 0 aliphatic carbocycles. The van der Waals surface area contributed by atoms with Crippen molar-refractivity contribution in [1.29, 1.82) is 0 Å². The summed E-state index contributed by atoms with van der Waals surface area (Å²) in [5.74, 6) is 1.77. The van der Waals surface area contributed by atoms with E-state index in [0.717, 1.165) is 37.9 Å². The maximum atomic E-state index is 12.2. The van der Waals surface area contributed by atoms with E-state index in [1.54, 1.807) is 14.2 Å². The summed E-state index contributed by atoms with van der Waals surface area (Å²) >= 11 is 0. The van der Waals surface area contributed by atoms with E-state index in [1.807, 2.05) is 32.9 Å². The molecule has 0 radical (unpaired) electrons. The largest absolute Gasteiger partial charge is 0.497 e. The lowest BCUT2D eigenvalue weighted by molar-refractivity contribution is -0.128. The number of piperazine rings is 1. The SMILES string of the molecule is CCNC(=O)C(C)(C)CNC(=NC)N1CCN(c2ccc(OC)cc2)CC1.I. The van der Waals surface area contributed by atoms with Crippen molar-refractivity contribution in [2.75, 3.05) is 58.3 Å². The van der Waals surface area contributed by atoms with Gasteiger partial charge in [-0.15, -0.1) is 24.0 Å². The number of halogens is 1. The van der Waals surface area contributed by atoms with Crippen LogP contribution in [0.5, 0.6) is 5.75 Å². The minimum atomic E-state index is -0.489. The summed E-state index contributed by atoms with van der Waals surface area (Å²) in [5.41, 5.74) is 0.715. The third-order valence-corrected chi connectivity index (χ3v) is 4.87. The zero-order valence-electron chi connectivity index (χ0n) is 17.6. The van der Waals surface area contributed by atoms with E-state index in [1.165, 1.54) is 5.69 Å². The number of nitrogens with one attached hydrogen (secondary N) is 2. The first-order valence-corrected chi connectivity index (χ1v) is 9.54. The minimum absolute atomic E-state index is 0. The van der Waals surface area contributed by atoms with Crippen LogP contribution in [-0.2, 0) is 4.79 Å². The van der Waals surface area contributed by atoms with Crippen LogP contribution < -0.4 is 20.3 Å². The fourth-order valence-electron chi connectivity index (χ4n) is 3.08. The molecular formula is C20H34IN5O2. The summed E-state index contributed by atoms with van der Waals surface area (Å²) in [4.78, 5) is 21.2. The highest BCUT2D eigenvalue weighted by Crippen LogP contribution is 2.20. The van der Waals surface area contributed by atoms with Gasteiger partial charge in [0.1, 0.15) is 5.75 Å². The molecule has 28 heavy (non-hydrogen) atoms. The second-order valence-corrected chi connectivity index (χ2v) is 7.32. The lowest BCUT2D eigenvalue weighted by Gasteiger charge is -2.38. The molecule has 0 bridgehead atoms. The third-order valence-electron chi connectivity index (χ3n) is 4.87. The standard InChI is InChI=1S/C20H33N5O2.HI/c1-6-22-18(26)20(2,3)15-23-19(21-4)25-13-11-24(12-14-25)16-7-9-17(27-5)10-8-16;/h7-10H,6,11-15H2,1-5H3,(H,21,23)(H,22,26);1H. The Labute approximate surface area is 185 Å². The summed E-state index contributed by atoms with van der Waals surface area (Å²) in [5, 5.41) is 6.26. The molecule has 0 unspecified atom stereocenters. The van der Waals surface area contributed by atoms with Crippen LogP contribution in [-0.4, -0.2) is 70.2 Å². The number of methoxy groups -OCH3 is 1. The van der Waals surface area contributed by atoms with Gasteiger partial charge in [-0.25, -0.2) is 0 Å². The van der Waals surface area contributed by atoms with Gasteiger partial charge in [0.25, 0.3) is 0 Å². The predicted octanol–water partition coefficient (Wildman–Crippen LogP) is 2.17. The van der Waals surface area contributed by atoms with Crippen LogP contribution in [0.1, 0.15) is 20.8 Å². The predicted molar refractivity (Wildman–Crippen MR) is 126 cm³/mol. The molecular weight excluding hydrogens is 469 g/mol. The number of aliphatic imine (C=N–C) groups is 1. The summed E-state index contributed by atoms with van der Waals surface area (Å²) in [6.07, 6.45) is 0. The average Bonchev–Trinajstić information content (AvgIpc) is 2.69. The summed E-state index contributed by atoms with van der Waals surface area (Å²) < 4.78 is 5.23.